The molecule has 1 fully saturated rings. The van der Waals surface area contributed by atoms with Crippen molar-refractivity contribution in [2.75, 3.05) is 20.3 Å². The fraction of sp³-hybridized carbons (Fsp3) is 0.647. The number of nitrogens with one attached hydrogen (secondary N) is 1. The van der Waals surface area contributed by atoms with Gasteiger partial charge in [-0.05, 0) is 56.4 Å². The number of ether oxygens (including phenoxy) is 3. The zero-order chi connectivity index (χ0) is 14.9. The molecule has 0 spiro atoms. The fourth-order valence-corrected chi connectivity index (χ4v) is 3.27. The minimum absolute atomic E-state index is 0.142. The molecule has 2 unspecified atom stereocenters. The molecule has 116 valence electrons. The molecule has 3 rings (SSSR count). The van der Waals surface area contributed by atoms with Gasteiger partial charge in [-0.15, -0.1) is 0 Å². The van der Waals surface area contributed by atoms with Crippen LogP contribution in [-0.4, -0.2) is 32.2 Å². The molecule has 1 heterocycles. The van der Waals surface area contributed by atoms with Crippen molar-refractivity contribution < 1.29 is 14.2 Å². The molecule has 1 aromatic carbocycles. The van der Waals surface area contributed by atoms with E-state index in [2.05, 4.69) is 23.5 Å². The Morgan fingerprint density at radius 2 is 2.24 bits per heavy atom. The molecule has 0 radical (unpaired) electrons. The average molecular weight is 291 g/mol. The van der Waals surface area contributed by atoms with Gasteiger partial charge in [0.15, 0.2) is 5.79 Å². The highest BCUT2D eigenvalue weighted by molar-refractivity contribution is 5.39. The van der Waals surface area contributed by atoms with Crippen molar-refractivity contribution in [2.24, 2.45) is 0 Å². The lowest BCUT2D eigenvalue weighted by Gasteiger charge is -2.28. The smallest absolute Gasteiger partial charge is 0.163 e. The summed E-state index contributed by atoms with van der Waals surface area (Å²) in [5.41, 5.74) is 2.81. The Bertz CT molecular complexity index is 501. The van der Waals surface area contributed by atoms with E-state index in [1.807, 2.05) is 13.8 Å². The van der Waals surface area contributed by atoms with Gasteiger partial charge in [0.1, 0.15) is 5.75 Å². The maximum Gasteiger partial charge on any atom is 0.163 e. The standard InChI is InChI=1S/C17H25NO3/c1-17(2)20-11-14(21-17)10-18-16-6-4-5-12-9-13(19-3)7-8-15(12)16/h7-9,14,16,18H,4-6,10-11H2,1-3H3. The molecule has 4 nitrogen and oxygen atoms in total. The summed E-state index contributed by atoms with van der Waals surface area (Å²) in [6.45, 7) is 5.44. The van der Waals surface area contributed by atoms with Crippen LogP contribution >= 0.6 is 0 Å². The molecule has 1 aliphatic heterocycles. The van der Waals surface area contributed by atoms with E-state index < -0.39 is 5.79 Å². The van der Waals surface area contributed by atoms with Crippen molar-refractivity contribution in [1.29, 1.82) is 0 Å². The third kappa shape index (κ3) is 3.39. The second kappa shape index (κ2) is 5.95. The Labute approximate surface area is 126 Å². The highest BCUT2D eigenvalue weighted by atomic mass is 16.7. The molecular weight excluding hydrogens is 266 g/mol. The average Bonchev–Trinajstić information content (AvgIpc) is 2.83. The SMILES string of the molecule is COc1ccc2c(c1)CCCC2NCC1COC(C)(C)O1. The summed E-state index contributed by atoms with van der Waals surface area (Å²) in [6.07, 6.45) is 3.67. The van der Waals surface area contributed by atoms with E-state index in [4.69, 9.17) is 14.2 Å². The zero-order valence-electron chi connectivity index (χ0n) is 13.1. The van der Waals surface area contributed by atoms with Crippen molar-refractivity contribution in [2.45, 2.75) is 51.0 Å². The molecule has 1 aliphatic carbocycles. The van der Waals surface area contributed by atoms with E-state index >= 15 is 0 Å². The van der Waals surface area contributed by atoms with E-state index in [9.17, 15) is 0 Å². The summed E-state index contributed by atoms with van der Waals surface area (Å²) >= 11 is 0. The van der Waals surface area contributed by atoms with Gasteiger partial charge in [-0.25, -0.2) is 0 Å². The maximum absolute atomic E-state index is 5.86. The highest BCUT2D eigenvalue weighted by Crippen LogP contribution is 2.32. The molecule has 4 heteroatoms. The normalized spacial score (nSPS) is 27.4. The van der Waals surface area contributed by atoms with Crippen molar-refractivity contribution in [3.05, 3.63) is 29.3 Å². The van der Waals surface area contributed by atoms with Crippen LogP contribution in [-0.2, 0) is 15.9 Å². The van der Waals surface area contributed by atoms with Gasteiger partial charge >= 0.3 is 0 Å². The number of hydrogen-bond donors (Lipinski definition) is 1. The molecular formula is C17H25NO3. The van der Waals surface area contributed by atoms with Gasteiger partial charge in [0, 0.05) is 12.6 Å². The van der Waals surface area contributed by atoms with Crippen molar-refractivity contribution >= 4 is 0 Å². The highest BCUT2D eigenvalue weighted by Gasteiger charge is 2.33. The van der Waals surface area contributed by atoms with Crippen LogP contribution in [0.5, 0.6) is 5.75 Å². The Kier molecular flexibility index (Phi) is 4.20. The Hall–Kier alpha value is -1.10. The van der Waals surface area contributed by atoms with E-state index in [-0.39, 0.29) is 6.10 Å². The van der Waals surface area contributed by atoms with Crippen molar-refractivity contribution in [1.82, 2.24) is 5.32 Å². The summed E-state index contributed by atoms with van der Waals surface area (Å²) in [5, 5.41) is 3.65. The van der Waals surface area contributed by atoms with Crippen LogP contribution in [0.3, 0.4) is 0 Å². The molecule has 2 atom stereocenters. The number of rotatable bonds is 4. The molecule has 1 N–H and O–H groups in total. The van der Waals surface area contributed by atoms with Crippen LogP contribution in [0, 0.1) is 0 Å². The number of fused-ring (bicyclic) bond motifs is 1. The first-order chi connectivity index (χ1) is 10.1. The molecule has 0 aromatic heterocycles. The minimum atomic E-state index is -0.440. The quantitative estimate of drug-likeness (QED) is 0.926. The Balaban J connectivity index is 1.63. The van der Waals surface area contributed by atoms with E-state index in [0.29, 0.717) is 12.6 Å². The molecule has 1 aromatic rings. The topological polar surface area (TPSA) is 39.7 Å². The fourth-order valence-electron chi connectivity index (χ4n) is 3.27. The zero-order valence-corrected chi connectivity index (χ0v) is 13.1. The minimum Gasteiger partial charge on any atom is -0.497 e. The molecule has 0 bridgehead atoms. The third-order valence-corrected chi connectivity index (χ3v) is 4.32. The summed E-state index contributed by atoms with van der Waals surface area (Å²) in [7, 11) is 1.72. The van der Waals surface area contributed by atoms with Gasteiger partial charge in [0.2, 0.25) is 0 Å². The summed E-state index contributed by atoms with van der Waals surface area (Å²) in [5.74, 6) is 0.508. The van der Waals surface area contributed by atoms with Crippen LogP contribution in [0.15, 0.2) is 18.2 Å². The van der Waals surface area contributed by atoms with Crippen LogP contribution in [0.25, 0.3) is 0 Å². The van der Waals surface area contributed by atoms with E-state index in [1.165, 1.54) is 24.0 Å². The largest absolute Gasteiger partial charge is 0.497 e. The number of aryl methyl sites for hydroxylation is 1. The van der Waals surface area contributed by atoms with Gasteiger partial charge in [0.25, 0.3) is 0 Å². The van der Waals surface area contributed by atoms with Crippen LogP contribution in [0.4, 0.5) is 0 Å². The van der Waals surface area contributed by atoms with E-state index in [0.717, 1.165) is 18.7 Å². The lowest BCUT2D eigenvalue weighted by molar-refractivity contribution is -0.137. The first-order valence-corrected chi connectivity index (χ1v) is 7.79. The summed E-state index contributed by atoms with van der Waals surface area (Å²) in [6, 6.07) is 6.83. The molecule has 0 amide bonds. The Morgan fingerprint density at radius 3 is 2.95 bits per heavy atom. The lowest BCUT2D eigenvalue weighted by atomic mass is 9.87. The number of methoxy groups -OCH3 is 1. The lowest BCUT2D eigenvalue weighted by Crippen LogP contribution is -2.34. The number of hydrogen-bond acceptors (Lipinski definition) is 4. The van der Waals surface area contributed by atoms with Crippen LogP contribution in [0.2, 0.25) is 0 Å². The molecule has 0 saturated carbocycles. The summed E-state index contributed by atoms with van der Waals surface area (Å²) in [4.78, 5) is 0. The number of benzene rings is 1. The molecule has 1 saturated heterocycles. The van der Waals surface area contributed by atoms with Gasteiger partial charge < -0.3 is 19.5 Å². The van der Waals surface area contributed by atoms with Crippen molar-refractivity contribution in [3.63, 3.8) is 0 Å². The second-order valence-electron chi connectivity index (χ2n) is 6.37. The van der Waals surface area contributed by atoms with E-state index in [1.54, 1.807) is 7.11 Å². The van der Waals surface area contributed by atoms with Gasteiger partial charge in [-0.2, -0.15) is 0 Å². The monoisotopic (exact) mass is 291 g/mol. The van der Waals surface area contributed by atoms with Gasteiger partial charge in [-0.3, -0.25) is 0 Å². The first-order valence-electron chi connectivity index (χ1n) is 7.79. The maximum atomic E-state index is 5.86. The first kappa shape index (κ1) is 14.8. The second-order valence-corrected chi connectivity index (χ2v) is 6.37. The molecule has 21 heavy (non-hydrogen) atoms. The van der Waals surface area contributed by atoms with Gasteiger partial charge in [-0.1, -0.05) is 6.07 Å². The van der Waals surface area contributed by atoms with Crippen LogP contribution < -0.4 is 10.1 Å². The summed E-state index contributed by atoms with van der Waals surface area (Å²) < 4.78 is 16.8. The van der Waals surface area contributed by atoms with Gasteiger partial charge in [0.05, 0.1) is 19.8 Å². The Morgan fingerprint density at radius 1 is 1.38 bits per heavy atom. The predicted molar refractivity (Wildman–Crippen MR) is 81.6 cm³/mol. The van der Waals surface area contributed by atoms with Crippen molar-refractivity contribution in [3.8, 4) is 5.75 Å². The third-order valence-electron chi connectivity index (χ3n) is 4.32. The predicted octanol–water partition coefficient (Wildman–Crippen LogP) is 2.81. The van der Waals surface area contributed by atoms with Crippen LogP contribution in [0.1, 0.15) is 43.9 Å². The molecule has 2 aliphatic rings.